The van der Waals surface area contributed by atoms with E-state index >= 15 is 0 Å². The molecule has 0 bridgehead atoms. The Hall–Kier alpha value is -2.82. The number of nitrogens with one attached hydrogen (secondary N) is 1. The Morgan fingerprint density at radius 1 is 1.00 bits per heavy atom. The summed E-state index contributed by atoms with van der Waals surface area (Å²) in [5, 5.41) is 2.75. The number of carbonyl (C=O) groups is 2. The molecule has 0 aliphatic heterocycles. The van der Waals surface area contributed by atoms with Gasteiger partial charge < -0.3 is 14.8 Å². The third-order valence-corrected chi connectivity index (χ3v) is 3.66. The Morgan fingerprint density at radius 3 is 2.48 bits per heavy atom. The van der Waals surface area contributed by atoms with Crippen LogP contribution in [-0.2, 0) is 20.7 Å². The van der Waals surface area contributed by atoms with Crippen molar-refractivity contribution in [2.75, 3.05) is 19.8 Å². The zero-order valence-corrected chi connectivity index (χ0v) is 14.4. The summed E-state index contributed by atoms with van der Waals surface area (Å²) in [6.45, 7) is 2.50. The summed E-state index contributed by atoms with van der Waals surface area (Å²) in [6, 6.07) is 17.3. The zero-order valence-electron chi connectivity index (χ0n) is 14.4. The summed E-state index contributed by atoms with van der Waals surface area (Å²) in [4.78, 5) is 23.3. The van der Waals surface area contributed by atoms with Gasteiger partial charge in [-0.2, -0.15) is 0 Å². The normalized spacial score (nSPS) is 10.1. The van der Waals surface area contributed by atoms with Crippen molar-refractivity contribution in [1.82, 2.24) is 5.32 Å². The number of aryl methyl sites for hydroxylation is 1. The molecule has 0 spiro atoms. The molecule has 0 saturated carbocycles. The van der Waals surface area contributed by atoms with Crippen LogP contribution in [-0.4, -0.2) is 31.6 Å². The third-order valence-electron chi connectivity index (χ3n) is 3.66. The standard InChI is InChI=1S/C20H23NO4/c1-16-7-5-6-8-17(16)11-13-21-19(22)15-25-20(23)12-14-24-18-9-3-2-4-10-18/h2-10H,11-15H2,1H3,(H,21,22). The fourth-order valence-electron chi connectivity index (χ4n) is 2.27. The number of rotatable bonds is 9. The van der Waals surface area contributed by atoms with Crippen molar-refractivity contribution in [2.45, 2.75) is 19.8 Å². The number of hydrogen-bond acceptors (Lipinski definition) is 4. The van der Waals surface area contributed by atoms with Gasteiger partial charge in [-0.3, -0.25) is 9.59 Å². The van der Waals surface area contributed by atoms with Gasteiger partial charge in [0.2, 0.25) is 0 Å². The number of hydrogen-bond donors (Lipinski definition) is 1. The van der Waals surface area contributed by atoms with E-state index in [0.717, 1.165) is 6.42 Å². The number of para-hydroxylation sites is 1. The Labute approximate surface area is 148 Å². The van der Waals surface area contributed by atoms with E-state index in [4.69, 9.17) is 9.47 Å². The van der Waals surface area contributed by atoms with Crippen molar-refractivity contribution in [1.29, 1.82) is 0 Å². The molecule has 1 amide bonds. The van der Waals surface area contributed by atoms with Crippen LogP contribution < -0.4 is 10.1 Å². The molecule has 0 atom stereocenters. The highest BCUT2D eigenvalue weighted by molar-refractivity contribution is 5.80. The lowest BCUT2D eigenvalue weighted by atomic mass is 10.1. The summed E-state index contributed by atoms with van der Waals surface area (Å²) in [7, 11) is 0. The van der Waals surface area contributed by atoms with Crippen molar-refractivity contribution in [3.05, 3.63) is 65.7 Å². The van der Waals surface area contributed by atoms with Gasteiger partial charge in [0, 0.05) is 6.54 Å². The molecule has 25 heavy (non-hydrogen) atoms. The molecular formula is C20H23NO4. The second-order valence-corrected chi connectivity index (χ2v) is 5.60. The van der Waals surface area contributed by atoms with Gasteiger partial charge in [0.05, 0.1) is 13.0 Å². The highest BCUT2D eigenvalue weighted by atomic mass is 16.5. The number of carbonyl (C=O) groups excluding carboxylic acids is 2. The first-order chi connectivity index (χ1) is 12.1. The average molecular weight is 341 g/mol. The van der Waals surface area contributed by atoms with Gasteiger partial charge in [-0.05, 0) is 36.6 Å². The number of esters is 1. The lowest BCUT2D eigenvalue weighted by molar-refractivity contribution is -0.149. The average Bonchev–Trinajstić information content (AvgIpc) is 2.62. The number of ether oxygens (including phenoxy) is 2. The second kappa shape index (κ2) is 10.1. The number of amides is 1. The zero-order chi connectivity index (χ0) is 17.9. The molecule has 0 aliphatic rings. The van der Waals surface area contributed by atoms with Gasteiger partial charge in [-0.25, -0.2) is 0 Å². The van der Waals surface area contributed by atoms with E-state index in [9.17, 15) is 9.59 Å². The minimum absolute atomic E-state index is 0.103. The van der Waals surface area contributed by atoms with Crippen LogP contribution in [0.4, 0.5) is 0 Å². The predicted molar refractivity (Wildman–Crippen MR) is 95.4 cm³/mol. The molecule has 1 N–H and O–H groups in total. The molecule has 0 aromatic heterocycles. The topological polar surface area (TPSA) is 64.6 Å². The van der Waals surface area contributed by atoms with Crippen LogP contribution in [0.3, 0.4) is 0 Å². The van der Waals surface area contributed by atoms with Crippen molar-refractivity contribution < 1.29 is 19.1 Å². The van der Waals surface area contributed by atoms with Crippen LogP contribution in [0, 0.1) is 6.92 Å². The molecule has 2 aromatic carbocycles. The fraction of sp³-hybridized carbons (Fsp3) is 0.300. The molecule has 2 rings (SSSR count). The van der Waals surface area contributed by atoms with Crippen LogP contribution in [0.1, 0.15) is 17.5 Å². The molecule has 0 fully saturated rings. The molecule has 0 unspecified atom stereocenters. The lowest BCUT2D eigenvalue weighted by Crippen LogP contribution is -2.30. The van der Waals surface area contributed by atoms with Gasteiger partial charge in [0.15, 0.2) is 6.61 Å². The van der Waals surface area contributed by atoms with Crippen molar-refractivity contribution >= 4 is 11.9 Å². The van der Waals surface area contributed by atoms with Gasteiger partial charge in [-0.15, -0.1) is 0 Å². The third kappa shape index (κ3) is 7.08. The van der Waals surface area contributed by atoms with Crippen LogP contribution >= 0.6 is 0 Å². The van der Waals surface area contributed by atoms with Crippen LogP contribution in [0.5, 0.6) is 5.75 Å². The maximum atomic E-state index is 11.7. The Kier molecular flexibility index (Phi) is 7.50. The van der Waals surface area contributed by atoms with Gasteiger partial charge in [-0.1, -0.05) is 42.5 Å². The summed E-state index contributed by atoms with van der Waals surface area (Å²) in [5.74, 6) is -0.0554. The first-order valence-electron chi connectivity index (χ1n) is 8.30. The summed E-state index contributed by atoms with van der Waals surface area (Å²) in [5.41, 5.74) is 2.39. The molecule has 0 radical (unpaired) electrons. The smallest absolute Gasteiger partial charge is 0.309 e. The highest BCUT2D eigenvalue weighted by Crippen LogP contribution is 2.08. The molecule has 2 aromatic rings. The largest absolute Gasteiger partial charge is 0.493 e. The maximum Gasteiger partial charge on any atom is 0.309 e. The van der Waals surface area contributed by atoms with Crippen molar-refractivity contribution in [3.63, 3.8) is 0 Å². The fourth-order valence-corrected chi connectivity index (χ4v) is 2.27. The van der Waals surface area contributed by atoms with E-state index in [1.807, 2.05) is 61.5 Å². The summed E-state index contributed by atoms with van der Waals surface area (Å²) < 4.78 is 10.3. The summed E-state index contributed by atoms with van der Waals surface area (Å²) in [6.07, 6.45) is 0.850. The Bertz CT molecular complexity index is 685. The Balaban J connectivity index is 1.56. The van der Waals surface area contributed by atoms with Crippen LogP contribution in [0.2, 0.25) is 0 Å². The van der Waals surface area contributed by atoms with E-state index in [1.165, 1.54) is 11.1 Å². The first-order valence-corrected chi connectivity index (χ1v) is 8.30. The van der Waals surface area contributed by atoms with Crippen LogP contribution in [0.15, 0.2) is 54.6 Å². The second-order valence-electron chi connectivity index (χ2n) is 5.60. The SMILES string of the molecule is Cc1ccccc1CCNC(=O)COC(=O)CCOc1ccccc1. The first kappa shape index (κ1) is 18.5. The van der Waals surface area contributed by atoms with Crippen molar-refractivity contribution in [3.8, 4) is 5.75 Å². The molecule has 5 nitrogen and oxygen atoms in total. The Morgan fingerprint density at radius 2 is 1.72 bits per heavy atom. The van der Waals surface area contributed by atoms with Crippen molar-refractivity contribution in [2.24, 2.45) is 0 Å². The minimum Gasteiger partial charge on any atom is -0.493 e. The van der Waals surface area contributed by atoms with E-state index in [0.29, 0.717) is 12.3 Å². The van der Waals surface area contributed by atoms with E-state index in [1.54, 1.807) is 0 Å². The van der Waals surface area contributed by atoms with E-state index in [2.05, 4.69) is 5.32 Å². The molecule has 132 valence electrons. The quantitative estimate of drug-likeness (QED) is 0.712. The molecule has 0 saturated heterocycles. The molecule has 0 heterocycles. The van der Waals surface area contributed by atoms with E-state index < -0.39 is 5.97 Å². The highest BCUT2D eigenvalue weighted by Gasteiger charge is 2.08. The molecular weight excluding hydrogens is 318 g/mol. The lowest BCUT2D eigenvalue weighted by Gasteiger charge is -2.09. The van der Waals surface area contributed by atoms with E-state index in [-0.39, 0.29) is 25.5 Å². The molecule has 5 heteroatoms. The van der Waals surface area contributed by atoms with Gasteiger partial charge in [0.1, 0.15) is 5.75 Å². The molecule has 0 aliphatic carbocycles. The number of benzene rings is 2. The minimum atomic E-state index is -0.454. The summed E-state index contributed by atoms with van der Waals surface area (Å²) >= 11 is 0. The van der Waals surface area contributed by atoms with Crippen LogP contribution in [0.25, 0.3) is 0 Å². The monoisotopic (exact) mass is 341 g/mol. The maximum absolute atomic E-state index is 11.7. The van der Waals surface area contributed by atoms with Gasteiger partial charge in [0.25, 0.3) is 5.91 Å². The van der Waals surface area contributed by atoms with Gasteiger partial charge >= 0.3 is 5.97 Å². The predicted octanol–water partition coefficient (Wildman–Crippen LogP) is 2.67.